The van der Waals surface area contributed by atoms with Gasteiger partial charge in [-0.1, -0.05) is 12.1 Å². The molecular formula is C17H15N5O3. The van der Waals surface area contributed by atoms with Crippen LogP contribution in [-0.4, -0.2) is 32.9 Å². The van der Waals surface area contributed by atoms with E-state index in [0.717, 1.165) is 17.0 Å². The zero-order valence-corrected chi connectivity index (χ0v) is 13.5. The Morgan fingerprint density at radius 1 is 1.20 bits per heavy atom. The molecule has 1 N–H and O–H groups in total. The van der Waals surface area contributed by atoms with Gasteiger partial charge in [-0.05, 0) is 53.2 Å². The summed E-state index contributed by atoms with van der Waals surface area (Å²) in [7, 11) is 0. The molecule has 0 saturated carbocycles. The number of tetrazole rings is 1. The van der Waals surface area contributed by atoms with Crippen molar-refractivity contribution in [2.75, 3.05) is 6.79 Å². The molecule has 1 aliphatic rings. The Balaban J connectivity index is 1.47. The summed E-state index contributed by atoms with van der Waals surface area (Å²) in [6.07, 6.45) is 0. The first kappa shape index (κ1) is 15.1. The van der Waals surface area contributed by atoms with Crippen molar-refractivity contribution in [1.29, 1.82) is 0 Å². The van der Waals surface area contributed by atoms with Gasteiger partial charge in [0, 0.05) is 12.1 Å². The van der Waals surface area contributed by atoms with Gasteiger partial charge in [0.25, 0.3) is 5.91 Å². The van der Waals surface area contributed by atoms with E-state index in [0.29, 0.717) is 23.7 Å². The van der Waals surface area contributed by atoms with Crippen LogP contribution < -0.4 is 14.8 Å². The smallest absolute Gasteiger partial charge is 0.251 e. The van der Waals surface area contributed by atoms with Crippen LogP contribution in [-0.2, 0) is 6.54 Å². The third-order valence-corrected chi connectivity index (χ3v) is 3.87. The Labute approximate surface area is 143 Å². The third kappa shape index (κ3) is 3.01. The highest BCUT2D eigenvalue weighted by Gasteiger charge is 2.14. The van der Waals surface area contributed by atoms with E-state index in [2.05, 4.69) is 20.8 Å². The molecule has 8 nitrogen and oxygen atoms in total. The second-order valence-corrected chi connectivity index (χ2v) is 5.56. The number of ether oxygens (including phenoxy) is 2. The minimum atomic E-state index is -0.176. The number of carbonyl (C=O) groups excluding carboxylic acids is 1. The molecule has 126 valence electrons. The van der Waals surface area contributed by atoms with E-state index in [1.807, 2.05) is 24.3 Å². The molecule has 3 aromatic rings. The number of hydrogen-bond acceptors (Lipinski definition) is 6. The molecule has 0 spiro atoms. The van der Waals surface area contributed by atoms with Gasteiger partial charge in [0.2, 0.25) is 6.79 Å². The predicted molar refractivity (Wildman–Crippen MR) is 87.6 cm³/mol. The maximum absolute atomic E-state index is 12.4. The molecule has 2 heterocycles. The highest BCUT2D eigenvalue weighted by molar-refractivity contribution is 5.94. The fourth-order valence-electron chi connectivity index (χ4n) is 2.58. The number of fused-ring (bicyclic) bond motifs is 1. The zero-order chi connectivity index (χ0) is 17.2. The lowest BCUT2D eigenvalue weighted by atomic mass is 10.1. The highest BCUT2D eigenvalue weighted by Crippen LogP contribution is 2.32. The van der Waals surface area contributed by atoms with Crippen molar-refractivity contribution >= 4 is 5.91 Å². The minimum absolute atomic E-state index is 0.176. The summed E-state index contributed by atoms with van der Waals surface area (Å²) in [5.41, 5.74) is 2.21. The summed E-state index contributed by atoms with van der Waals surface area (Å²) in [5.74, 6) is 1.89. The molecule has 0 saturated heterocycles. The number of benzene rings is 2. The lowest BCUT2D eigenvalue weighted by Crippen LogP contribution is -2.23. The van der Waals surface area contributed by atoms with Crippen molar-refractivity contribution in [3.05, 3.63) is 59.4 Å². The number of nitrogens with zero attached hydrogens (tertiary/aromatic N) is 4. The average molecular weight is 337 g/mol. The van der Waals surface area contributed by atoms with Crippen molar-refractivity contribution in [3.63, 3.8) is 0 Å². The van der Waals surface area contributed by atoms with Gasteiger partial charge in [-0.25, -0.2) is 0 Å². The molecule has 1 aliphatic heterocycles. The Morgan fingerprint density at radius 2 is 2.08 bits per heavy atom. The number of aromatic nitrogens is 4. The SMILES string of the molecule is Cc1nnnn1-c1cccc(C(=O)NCc2ccc3c(c2)OCO3)c1. The first-order valence-corrected chi connectivity index (χ1v) is 7.73. The van der Waals surface area contributed by atoms with Crippen LogP contribution in [0.3, 0.4) is 0 Å². The van der Waals surface area contributed by atoms with Gasteiger partial charge in [-0.15, -0.1) is 5.10 Å². The predicted octanol–water partition coefficient (Wildman–Crippen LogP) is 1.63. The Bertz CT molecular complexity index is 938. The van der Waals surface area contributed by atoms with Crippen LogP contribution in [0.2, 0.25) is 0 Å². The normalized spacial score (nSPS) is 12.2. The molecule has 0 fully saturated rings. The number of hydrogen-bond donors (Lipinski definition) is 1. The van der Waals surface area contributed by atoms with Crippen LogP contribution in [0, 0.1) is 6.92 Å². The Hall–Kier alpha value is -3.42. The molecule has 4 rings (SSSR count). The lowest BCUT2D eigenvalue weighted by Gasteiger charge is -2.08. The molecule has 0 radical (unpaired) electrons. The van der Waals surface area contributed by atoms with Crippen LogP contribution in [0.25, 0.3) is 5.69 Å². The van der Waals surface area contributed by atoms with E-state index >= 15 is 0 Å². The van der Waals surface area contributed by atoms with Gasteiger partial charge >= 0.3 is 0 Å². The largest absolute Gasteiger partial charge is 0.454 e. The second-order valence-electron chi connectivity index (χ2n) is 5.56. The molecule has 0 unspecified atom stereocenters. The number of rotatable bonds is 4. The zero-order valence-electron chi connectivity index (χ0n) is 13.5. The standard InChI is InChI=1S/C17H15N5O3/c1-11-19-20-21-22(11)14-4-2-3-13(8-14)17(23)18-9-12-5-6-15-16(7-12)25-10-24-15/h2-8H,9-10H2,1H3,(H,18,23). The molecule has 8 heteroatoms. The van der Waals surface area contributed by atoms with Crippen molar-refractivity contribution in [1.82, 2.24) is 25.5 Å². The number of aryl methyl sites for hydroxylation is 1. The molecule has 1 amide bonds. The van der Waals surface area contributed by atoms with Gasteiger partial charge in [-0.2, -0.15) is 4.68 Å². The fraction of sp³-hybridized carbons (Fsp3) is 0.176. The van der Waals surface area contributed by atoms with E-state index < -0.39 is 0 Å². The van der Waals surface area contributed by atoms with Gasteiger partial charge in [0.1, 0.15) is 0 Å². The van der Waals surface area contributed by atoms with Crippen molar-refractivity contribution < 1.29 is 14.3 Å². The van der Waals surface area contributed by atoms with E-state index in [1.165, 1.54) is 0 Å². The van der Waals surface area contributed by atoms with Crippen molar-refractivity contribution in [2.24, 2.45) is 0 Å². The van der Waals surface area contributed by atoms with E-state index in [1.54, 1.807) is 29.8 Å². The first-order chi connectivity index (χ1) is 12.2. The Kier molecular flexibility index (Phi) is 3.77. The highest BCUT2D eigenvalue weighted by atomic mass is 16.7. The average Bonchev–Trinajstić information content (AvgIpc) is 3.27. The van der Waals surface area contributed by atoms with Crippen molar-refractivity contribution in [3.8, 4) is 17.2 Å². The van der Waals surface area contributed by atoms with Gasteiger partial charge < -0.3 is 14.8 Å². The first-order valence-electron chi connectivity index (χ1n) is 7.73. The van der Waals surface area contributed by atoms with E-state index in [9.17, 15) is 4.79 Å². The van der Waals surface area contributed by atoms with Crippen LogP contribution >= 0.6 is 0 Å². The number of nitrogens with one attached hydrogen (secondary N) is 1. The van der Waals surface area contributed by atoms with Crippen LogP contribution in [0.5, 0.6) is 11.5 Å². The lowest BCUT2D eigenvalue weighted by molar-refractivity contribution is 0.0950. The number of amides is 1. The molecule has 0 atom stereocenters. The summed E-state index contributed by atoms with van der Waals surface area (Å²) in [6.45, 7) is 2.42. The third-order valence-electron chi connectivity index (χ3n) is 3.87. The van der Waals surface area contributed by atoms with Gasteiger partial charge in [-0.3, -0.25) is 4.79 Å². The molecule has 2 aromatic carbocycles. The van der Waals surface area contributed by atoms with Crippen LogP contribution in [0.1, 0.15) is 21.7 Å². The summed E-state index contributed by atoms with van der Waals surface area (Å²) in [5, 5.41) is 14.3. The van der Waals surface area contributed by atoms with Gasteiger partial charge in [0.15, 0.2) is 17.3 Å². The quantitative estimate of drug-likeness (QED) is 0.778. The second kappa shape index (κ2) is 6.23. The molecular weight excluding hydrogens is 322 g/mol. The summed E-state index contributed by atoms with van der Waals surface area (Å²) in [4.78, 5) is 12.4. The minimum Gasteiger partial charge on any atom is -0.454 e. The van der Waals surface area contributed by atoms with Gasteiger partial charge in [0.05, 0.1) is 5.69 Å². The Morgan fingerprint density at radius 3 is 2.92 bits per heavy atom. The summed E-state index contributed by atoms with van der Waals surface area (Å²) < 4.78 is 12.2. The monoisotopic (exact) mass is 337 g/mol. The van der Waals surface area contributed by atoms with E-state index in [4.69, 9.17) is 9.47 Å². The number of carbonyl (C=O) groups is 1. The summed E-state index contributed by atoms with van der Waals surface area (Å²) in [6, 6.07) is 12.7. The topological polar surface area (TPSA) is 91.2 Å². The molecule has 0 bridgehead atoms. The summed E-state index contributed by atoms with van der Waals surface area (Å²) >= 11 is 0. The molecule has 25 heavy (non-hydrogen) atoms. The fourth-order valence-corrected chi connectivity index (χ4v) is 2.58. The molecule has 1 aromatic heterocycles. The van der Waals surface area contributed by atoms with E-state index in [-0.39, 0.29) is 12.7 Å². The van der Waals surface area contributed by atoms with Crippen LogP contribution in [0.15, 0.2) is 42.5 Å². The maximum atomic E-state index is 12.4. The van der Waals surface area contributed by atoms with Crippen LogP contribution in [0.4, 0.5) is 0 Å². The van der Waals surface area contributed by atoms with Crippen molar-refractivity contribution in [2.45, 2.75) is 13.5 Å². The molecule has 0 aliphatic carbocycles. The maximum Gasteiger partial charge on any atom is 0.251 e.